The Balaban J connectivity index is 1.76. The molecule has 3 rings (SSSR count). The number of carbonyl (C=O) groups is 2. The first-order valence-electron chi connectivity index (χ1n) is 8.66. The lowest BCUT2D eigenvalue weighted by molar-refractivity contribution is -0.121. The van der Waals surface area contributed by atoms with Gasteiger partial charge in [0.1, 0.15) is 5.82 Å². The van der Waals surface area contributed by atoms with E-state index in [-0.39, 0.29) is 29.8 Å². The van der Waals surface area contributed by atoms with Gasteiger partial charge in [0.15, 0.2) is 0 Å². The van der Waals surface area contributed by atoms with Crippen LogP contribution in [0.4, 0.5) is 10.1 Å². The summed E-state index contributed by atoms with van der Waals surface area (Å²) in [4.78, 5) is 24.4. The molecule has 0 spiro atoms. The number of benzene rings is 2. The van der Waals surface area contributed by atoms with Crippen LogP contribution in [-0.2, 0) is 9.59 Å². The van der Waals surface area contributed by atoms with Crippen molar-refractivity contribution in [2.24, 2.45) is 0 Å². The number of hydrogen-bond donors (Lipinski definition) is 2. The molecule has 1 heterocycles. The van der Waals surface area contributed by atoms with E-state index in [0.717, 1.165) is 23.0 Å². The van der Waals surface area contributed by atoms with E-state index in [1.807, 2.05) is 31.2 Å². The molecule has 7 heteroatoms. The van der Waals surface area contributed by atoms with Gasteiger partial charge in [-0.3, -0.25) is 9.59 Å². The van der Waals surface area contributed by atoms with Crippen LogP contribution in [0.25, 0.3) is 0 Å². The number of nitriles is 1. The molecule has 1 aliphatic rings. The lowest BCUT2D eigenvalue weighted by Crippen LogP contribution is -2.31. The van der Waals surface area contributed by atoms with Crippen molar-refractivity contribution in [1.82, 2.24) is 5.32 Å². The van der Waals surface area contributed by atoms with Gasteiger partial charge in [0.25, 0.3) is 0 Å². The van der Waals surface area contributed by atoms with Gasteiger partial charge in [-0.2, -0.15) is 5.26 Å². The minimum absolute atomic E-state index is 0.0469. The van der Waals surface area contributed by atoms with Crippen molar-refractivity contribution < 1.29 is 14.0 Å². The highest BCUT2D eigenvalue weighted by atomic mass is 32.2. The number of aryl methyl sites for hydroxylation is 1. The largest absolute Gasteiger partial charge is 0.325 e. The number of anilines is 1. The first-order valence-corrected chi connectivity index (χ1v) is 9.64. The summed E-state index contributed by atoms with van der Waals surface area (Å²) in [5, 5.41) is 15.5. The van der Waals surface area contributed by atoms with Crippen molar-refractivity contribution in [3.8, 4) is 6.07 Å². The van der Waals surface area contributed by atoms with Gasteiger partial charge in [0.2, 0.25) is 11.8 Å². The molecule has 1 aliphatic heterocycles. The van der Waals surface area contributed by atoms with Crippen LogP contribution in [0.3, 0.4) is 0 Å². The Morgan fingerprint density at radius 1 is 1.29 bits per heavy atom. The summed E-state index contributed by atoms with van der Waals surface area (Å²) < 4.78 is 13.2. The van der Waals surface area contributed by atoms with Crippen LogP contribution < -0.4 is 10.6 Å². The Kier molecular flexibility index (Phi) is 6.12. The molecule has 0 unspecified atom stereocenters. The minimum atomic E-state index is -0.457. The van der Waals surface area contributed by atoms with Crippen LogP contribution in [0.5, 0.6) is 0 Å². The number of nitrogens with zero attached hydrogens (tertiary/aromatic N) is 1. The number of hydrogen-bond acceptors (Lipinski definition) is 4. The summed E-state index contributed by atoms with van der Waals surface area (Å²) in [6.45, 7) is 1.90. The number of amides is 2. The van der Waals surface area contributed by atoms with Gasteiger partial charge in [-0.15, -0.1) is 0 Å². The zero-order chi connectivity index (χ0) is 20.1. The smallest absolute Gasteiger partial charge is 0.234 e. The fourth-order valence-corrected chi connectivity index (χ4v) is 3.83. The van der Waals surface area contributed by atoms with Gasteiger partial charge >= 0.3 is 0 Å². The third-order valence-electron chi connectivity index (χ3n) is 4.40. The maximum Gasteiger partial charge on any atom is 0.234 e. The molecular weight excluding hydrogens is 377 g/mol. The van der Waals surface area contributed by atoms with Crippen LogP contribution in [-0.4, -0.2) is 17.6 Å². The Bertz CT molecular complexity index is 980. The van der Waals surface area contributed by atoms with E-state index < -0.39 is 5.92 Å². The molecule has 0 saturated carbocycles. The standard InChI is InChI=1S/C21H18FN3O2S/c1-13-4-2-3-5-18(13)24-20(27)12-28-21-17(11-23)16(10-19(26)25-21)14-6-8-15(22)9-7-14/h2-9,16H,10,12H2,1H3,(H,24,27)(H,25,26)/t16-/m1/s1. The molecular formula is C21H18FN3O2S. The molecule has 0 aliphatic carbocycles. The lowest BCUT2D eigenvalue weighted by atomic mass is 9.87. The van der Waals surface area contributed by atoms with Gasteiger partial charge in [0.05, 0.1) is 22.4 Å². The fourth-order valence-electron chi connectivity index (χ4n) is 2.95. The van der Waals surface area contributed by atoms with Crippen molar-refractivity contribution >= 4 is 29.3 Å². The van der Waals surface area contributed by atoms with E-state index in [0.29, 0.717) is 16.2 Å². The molecule has 2 N–H and O–H groups in total. The molecule has 0 bridgehead atoms. The zero-order valence-corrected chi connectivity index (χ0v) is 16.0. The summed E-state index contributed by atoms with van der Waals surface area (Å²) in [6, 6.07) is 15.3. The molecule has 2 aromatic carbocycles. The number of allylic oxidation sites excluding steroid dienone is 1. The third-order valence-corrected chi connectivity index (χ3v) is 5.41. The number of rotatable bonds is 5. The average molecular weight is 395 g/mol. The highest BCUT2D eigenvalue weighted by Crippen LogP contribution is 2.36. The number of halogens is 1. The predicted octanol–water partition coefficient (Wildman–Crippen LogP) is 3.84. The van der Waals surface area contributed by atoms with Gasteiger partial charge < -0.3 is 10.6 Å². The van der Waals surface area contributed by atoms with Gasteiger partial charge in [0, 0.05) is 18.0 Å². The molecule has 2 aromatic rings. The van der Waals surface area contributed by atoms with E-state index in [4.69, 9.17) is 0 Å². The molecule has 5 nitrogen and oxygen atoms in total. The van der Waals surface area contributed by atoms with Crippen molar-refractivity contribution in [2.75, 3.05) is 11.1 Å². The topological polar surface area (TPSA) is 82.0 Å². The van der Waals surface area contributed by atoms with Crippen LogP contribution in [0, 0.1) is 24.1 Å². The molecule has 0 saturated heterocycles. The molecule has 28 heavy (non-hydrogen) atoms. The van der Waals surface area contributed by atoms with E-state index in [1.54, 1.807) is 12.1 Å². The Labute approximate surface area is 166 Å². The molecule has 142 valence electrons. The van der Waals surface area contributed by atoms with Crippen LogP contribution in [0.2, 0.25) is 0 Å². The number of thioether (sulfide) groups is 1. The number of nitrogens with one attached hydrogen (secondary N) is 2. The second kappa shape index (κ2) is 8.72. The fraction of sp³-hybridized carbons (Fsp3) is 0.190. The summed E-state index contributed by atoms with van der Waals surface area (Å²) in [7, 11) is 0. The number of carbonyl (C=O) groups excluding carboxylic acids is 2. The van der Waals surface area contributed by atoms with E-state index in [2.05, 4.69) is 16.7 Å². The Morgan fingerprint density at radius 2 is 2.00 bits per heavy atom. The maximum atomic E-state index is 13.2. The Hall–Kier alpha value is -3.11. The van der Waals surface area contributed by atoms with Crippen LogP contribution in [0.15, 0.2) is 59.1 Å². The highest BCUT2D eigenvalue weighted by molar-refractivity contribution is 8.03. The lowest BCUT2D eigenvalue weighted by Gasteiger charge is -2.25. The molecule has 0 fully saturated rings. The minimum Gasteiger partial charge on any atom is -0.325 e. The first-order chi connectivity index (χ1) is 13.5. The van der Waals surface area contributed by atoms with Gasteiger partial charge in [-0.1, -0.05) is 42.1 Å². The number of para-hydroxylation sites is 1. The van der Waals surface area contributed by atoms with E-state index in [1.165, 1.54) is 12.1 Å². The monoisotopic (exact) mass is 395 g/mol. The Morgan fingerprint density at radius 3 is 2.68 bits per heavy atom. The van der Waals surface area contributed by atoms with Crippen molar-refractivity contribution in [3.63, 3.8) is 0 Å². The summed E-state index contributed by atoms with van der Waals surface area (Å²) >= 11 is 1.11. The van der Waals surface area contributed by atoms with Crippen molar-refractivity contribution in [3.05, 3.63) is 76.1 Å². The van der Waals surface area contributed by atoms with Crippen LogP contribution in [0.1, 0.15) is 23.5 Å². The maximum absolute atomic E-state index is 13.2. The SMILES string of the molecule is Cc1ccccc1NC(=O)CSC1=C(C#N)[C@@H](c2ccc(F)cc2)CC(=O)N1. The molecule has 0 aromatic heterocycles. The van der Waals surface area contributed by atoms with Gasteiger partial charge in [-0.25, -0.2) is 4.39 Å². The quantitative estimate of drug-likeness (QED) is 0.806. The molecule has 1 atom stereocenters. The summed E-state index contributed by atoms with van der Waals surface area (Å²) in [5.74, 6) is -1.27. The second-order valence-electron chi connectivity index (χ2n) is 6.36. The third kappa shape index (κ3) is 4.59. The van der Waals surface area contributed by atoms with E-state index in [9.17, 15) is 19.2 Å². The van der Waals surface area contributed by atoms with Crippen molar-refractivity contribution in [2.45, 2.75) is 19.3 Å². The van der Waals surface area contributed by atoms with E-state index >= 15 is 0 Å². The second-order valence-corrected chi connectivity index (χ2v) is 7.35. The van der Waals surface area contributed by atoms with Crippen LogP contribution >= 0.6 is 11.8 Å². The highest BCUT2D eigenvalue weighted by Gasteiger charge is 2.29. The van der Waals surface area contributed by atoms with Gasteiger partial charge in [-0.05, 0) is 36.2 Å². The molecule has 0 radical (unpaired) electrons. The van der Waals surface area contributed by atoms with Crippen molar-refractivity contribution in [1.29, 1.82) is 5.26 Å². The average Bonchev–Trinajstić information content (AvgIpc) is 2.68. The predicted molar refractivity (Wildman–Crippen MR) is 107 cm³/mol. The molecule has 2 amide bonds. The normalized spacial score (nSPS) is 16.3. The summed E-state index contributed by atoms with van der Waals surface area (Å²) in [6.07, 6.45) is 0.105. The summed E-state index contributed by atoms with van der Waals surface area (Å²) in [5.41, 5.74) is 2.73. The zero-order valence-electron chi connectivity index (χ0n) is 15.2. The first kappa shape index (κ1) is 19.6.